The molecule has 0 amide bonds. The van der Waals surface area contributed by atoms with E-state index in [1.165, 1.54) is 19.3 Å². The van der Waals surface area contributed by atoms with Crippen molar-refractivity contribution in [1.29, 1.82) is 0 Å². The molecule has 1 aliphatic rings. The van der Waals surface area contributed by atoms with E-state index in [1.54, 1.807) is 0 Å². The van der Waals surface area contributed by atoms with Crippen molar-refractivity contribution in [3.63, 3.8) is 0 Å². The van der Waals surface area contributed by atoms with Crippen LogP contribution >= 0.6 is 0 Å². The van der Waals surface area contributed by atoms with Crippen molar-refractivity contribution in [3.8, 4) is 0 Å². The van der Waals surface area contributed by atoms with Crippen molar-refractivity contribution >= 4 is 33.3 Å². The van der Waals surface area contributed by atoms with Crippen molar-refractivity contribution < 1.29 is 9.90 Å². The van der Waals surface area contributed by atoms with Gasteiger partial charge in [-0.05, 0) is 25.2 Å². The van der Waals surface area contributed by atoms with Gasteiger partial charge in [0.05, 0.1) is 5.92 Å². The van der Waals surface area contributed by atoms with Crippen LogP contribution in [-0.4, -0.2) is 38.4 Å². The van der Waals surface area contributed by atoms with Crippen LogP contribution in [0.15, 0.2) is 0 Å². The molecule has 0 bridgehead atoms. The number of carboxylic acid groups (broad SMARTS) is 1. The Hall–Kier alpha value is 0.392. The molecule has 0 aromatic heterocycles. The van der Waals surface area contributed by atoms with Gasteiger partial charge < -0.3 is 5.11 Å². The summed E-state index contributed by atoms with van der Waals surface area (Å²) in [6.45, 7) is 1.98. The predicted molar refractivity (Wildman–Crippen MR) is 53.7 cm³/mol. The third kappa shape index (κ3) is 3.96. The molecule has 13 heavy (non-hydrogen) atoms. The molecule has 1 aliphatic carbocycles. The van der Waals surface area contributed by atoms with Gasteiger partial charge in [-0.25, -0.2) is 0 Å². The first-order chi connectivity index (χ1) is 5.75. The fraction of sp³-hybridized carbons (Fsp3) is 0.900. The second-order valence-electron chi connectivity index (χ2n) is 3.75. The minimum atomic E-state index is -0.593. The van der Waals surface area contributed by atoms with Crippen LogP contribution in [-0.2, 0) is 4.79 Å². The van der Waals surface area contributed by atoms with Gasteiger partial charge >= 0.3 is 5.97 Å². The molecular formula is C10H18O2Pb. The molecule has 74 valence electrons. The molecule has 0 aromatic carbocycles. The van der Waals surface area contributed by atoms with Crippen molar-refractivity contribution in [2.75, 3.05) is 0 Å². The second kappa shape index (κ2) is 6.79. The van der Waals surface area contributed by atoms with Gasteiger partial charge in [-0.3, -0.25) is 4.79 Å². The molecule has 1 unspecified atom stereocenters. The quantitative estimate of drug-likeness (QED) is 0.767. The van der Waals surface area contributed by atoms with E-state index in [0.29, 0.717) is 5.92 Å². The minimum Gasteiger partial charge on any atom is -0.481 e. The van der Waals surface area contributed by atoms with E-state index < -0.39 is 5.97 Å². The van der Waals surface area contributed by atoms with Gasteiger partial charge in [0, 0.05) is 27.3 Å². The Morgan fingerprint density at radius 2 is 1.92 bits per heavy atom. The van der Waals surface area contributed by atoms with E-state index in [-0.39, 0.29) is 33.2 Å². The molecule has 1 rings (SSSR count). The van der Waals surface area contributed by atoms with Crippen LogP contribution in [0.1, 0.15) is 45.4 Å². The Bertz CT molecular complexity index is 153. The normalized spacial score (nSPS) is 20.4. The number of hydrogen-bond acceptors (Lipinski definition) is 1. The standard InChI is InChI=1S/C10H18O2.Pb/c1-2-9(10(11)12)8-6-4-3-5-7-8;/h8-9H,2-7H2,1H3,(H,11,12);. The third-order valence-electron chi connectivity index (χ3n) is 2.98. The van der Waals surface area contributed by atoms with E-state index >= 15 is 0 Å². The summed E-state index contributed by atoms with van der Waals surface area (Å²) in [7, 11) is 0. The second-order valence-corrected chi connectivity index (χ2v) is 3.75. The Labute approximate surface area is 100 Å². The van der Waals surface area contributed by atoms with E-state index in [4.69, 9.17) is 5.11 Å². The summed E-state index contributed by atoms with van der Waals surface area (Å²) in [4.78, 5) is 10.8. The molecule has 0 saturated heterocycles. The first kappa shape index (κ1) is 13.4. The summed E-state index contributed by atoms with van der Waals surface area (Å²) in [6, 6.07) is 0. The van der Waals surface area contributed by atoms with Crippen molar-refractivity contribution in [2.45, 2.75) is 45.4 Å². The Kier molecular flexibility index (Phi) is 6.99. The Morgan fingerprint density at radius 3 is 2.31 bits per heavy atom. The largest absolute Gasteiger partial charge is 0.481 e. The van der Waals surface area contributed by atoms with Gasteiger partial charge in [0.15, 0.2) is 0 Å². The van der Waals surface area contributed by atoms with Gasteiger partial charge in [-0.2, -0.15) is 0 Å². The van der Waals surface area contributed by atoms with Crippen LogP contribution in [0.4, 0.5) is 0 Å². The van der Waals surface area contributed by atoms with Crippen LogP contribution in [0, 0.1) is 11.8 Å². The molecule has 3 heteroatoms. The van der Waals surface area contributed by atoms with Gasteiger partial charge in [0.25, 0.3) is 0 Å². The molecule has 0 aromatic rings. The van der Waals surface area contributed by atoms with Crippen molar-refractivity contribution in [3.05, 3.63) is 0 Å². The van der Waals surface area contributed by atoms with Crippen LogP contribution in [0.25, 0.3) is 0 Å². The number of hydrogen-bond donors (Lipinski definition) is 1. The molecule has 1 saturated carbocycles. The molecular weight excluding hydrogens is 359 g/mol. The van der Waals surface area contributed by atoms with Crippen LogP contribution in [0.3, 0.4) is 0 Å². The maximum atomic E-state index is 10.8. The molecule has 1 atom stereocenters. The van der Waals surface area contributed by atoms with Crippen LogP contribution in [0.5, 0.6) is 0 Å². The first-order valence-electron chi connectivity index (χ1n) is 4.98. The number of carbonyl (C=O) groups is 1. The summed E-state index contributed by atoms with van der Waals surface area (Å²) in [5.41, 5.74) is 0. The summed E-state index contributed by atoms with van der Waals surface area (Å²) in [5, 5.41) is 8.93. The van der Waals surface area contributed by atoms with Crippen LogP contribution in [0.2, 0.25) is 0 Å². The minimum absolute atomic E-state index is 0. The first-order valence-corrected chi connectivity index (χ1v) is 4.98. The van der Waals surface area contributed by atoms with E-state index in [1.807, 2.05) is 6.92 Å². The topological polar surface area (TPSA) is 37.3 Å². The SMILES string of the molecule is CCC(C(=O)O)C1CCCCC1.[Pb]. The van der Waals surface area contributed by atoms with Gasteiger partial charge in [-0.1, -0.05) is 26.2 Å². The molecule has 0 aliphatic heterocycles. The third-order valence-corrected chi connectivity index (χ3v) is 2.98. The summed E-state index contributed by atoms with van der Waals surface area (Å²) in [6.07, 6.45) is 6.81. The maximum Gasteiger partial charge on any atom is 0.306 e. The monoisotopic (exact) mass is 378 g/mol. The van der Waals surface area contributed by atoms with Crippen LogP contribution < -0.4 is 0 Å². The van der Waals surface area contributed by atoms with Gasteiger partial charge in [0.1, 0.15) is 0 Å². The molecule has 2 nitrogen and oxygen atoms in total. The predicted octanol–water partition coefficient (Wildman–Crippen LogP) is 2.30. The maximum absolute atomic E-state index is 10.8. The fourth-order valence-corrected chi connectivity index (χ4v) is 2.25. The summed E-state index contributed by atoms with van der Waals surface area (Å²) < 4.78 is 0. The zero-order valence-corrected chi connectivity index (χ0v) is 12.1. The Balaban J connectivity index is 0.00000144. The zero-order valence-electron chi connectivity index (χ0n) is 8.25. The van der Waals surface area contributed by atoms with E-state index in [2.05, 4.69) is 0 Å². The molecule has 0 spiro atoms. The summed E-state index contributed by atoms with van der Waals surface area (Å²) >= 11 is 0. The van der Waals surface area contributed by atoms with Gasteiger partial charge in [0.2, 0.25) is 0 Å². The average molecular weight is 377 g/mol. The number of rotatable bonds is 3. The smallest absolute Gasteiger partial charge is 0.306 e. The average Bonchev–Trinajstić information content (AvgIpc) is 2.07. The van der Waals surface area contributed by atoms with Gasteiger partial charge in [-0.15, -0.1) is 0 Å². The molecule has 1 fully saturated rings. The summed E-state index contributed by atoms with van der Waals surface area (Å²) in [5.74, 6) is -0.212. The number of aliphatic carboxylic acids is 1. The number of carboxylic acids is 1. The van der Waals surface area contributed by atoms with E-state index in [9.17, 15) is 4.79 Å². The molecule has 1 N–H and O–H groups in total. The van der Waals surface area contributed by atoms with E-state index in [0.717, 1.165) is 19.3 Å². The Morgan fingerprint density at radius 1 is 1.38 bits per heavy atom. The zero-order chi connectivity index (χ0) is 8.97. The van der Waals surface area contributed by atoms with Crippen molar-refractivity contribution in [2.24, 2.45) is 11.8 Å². The molecule has 4 radical (unpaired) electrons. The molecule has 0 heterocycles. The fourth-order valence-electron chi connectivity index (χ4n) is 2.25. The van der Waals surface area contributed by atoms with Crippen molar-refractivity contribution in [1.82, 2.24) is 0 Å².